The number of nitrogens with one attached hydrogen (secondary N) is 3. The Morgan fingerprint density at radius 1 is 0.938 bits per heavy atom. The molecule has 0 fully saturated rings. The summed E-state index contributed by atoms with van der Waals surface area (Å²) in [5, 5.41) is 8.09. The van der Waals surface area contributed by atoms with Crippen LogP contribution in [0.4, 0.5) is 14.9 Å². The van der Waals surface area contributed by atoms with Gasteiger partial charge in [0, 0.05) is 31.6 Å². The molecular formula is C24H30FN3O4. The first-order chi connectivity index (χ1) is 15.1. The quantitative estimate of drug-likeness (QED) is 0.547. The first-order valence-corrected chi connectivity index (χ1v) is 10.5. The van der Waals surface area contributed by atoms with Crippen LogP contribution in [0.25, 0.3) is 0 Å². The molecule has 0 unspecified atom stereocenters. The van der Waals surface area contributed by atoms with E-state index in [4.69, 9.17) is 4.74 Å². The van der Waals surface area contributed by atoms with E-state index in [9.17, 15) is 18.8 Å². The third-order valence-corrected chi connectivity index (χ3v) is 4.30. The Morgan fingerprint density at radius 3 is 2.41 bits per heavy atom. The fraction of sp³-hybridized carbons (Fsp3) is 0.375. The van der Waals surface area contributed by atoms with Gasteiger partial charge in [0.1, 0.15) is 11.4 Å². The summed E-state index contributed by atoms with van der Waals surface area (Å²) < 4.78 is 18.8. The van der Waals surface area contributed by atoms with Crippen molar-refractivity contribution < 1.29 is 23.5 Å². The molecule has 0 heterocycles. The molecule has 0 aliphatic rings. The van der Waals surface area contributed by atoms with E-state index in [0.29, 0.717) is 17.7 Å². The Labute approximate surface area is 187 Å². The van der Waals surface area contributed by atoms with Gasteiger partial charge in [0.2, 0.25) is 11.8 Å². The molecule has 0 spiro atoms. The van der Waals surface area contributed by atoms with Gasteiger partial charge in [0.15, 0.2) is 0 Å². The van der Waals surface area contributed by atoms with Crippen molar-refractivity contribution in [2.75, 3.05) is 11.9 Å². The van der Waals surface area contributed by atoms with E-state index in [2.05, 4.69) is 16.0 Å². The van der Waals surface area contributed by atoms with E-state index in [0.717, 1.165) is 5.56 Å². The highest BCUT2D eigenvalue weighted by Crippen LogP contribution is 2.13. The number of amides is 3. The van der Waals surface area contributed by atoms with Gasteiger partial charge in [-0.3, -0.25) is 9.59 Å². The molecule has 0 radical (unpaired) electrons. The minimum atomic E-state index is -0.593. The van der Waals surface area contributed by atoms with Crippen molar-refractivity contribution in [3.8, 4) is 0 Å². The normalized spacial score (nSPS) is 10.9. The van der Waals surface area contributed by atoms with Gasteiger partial charge in [-0.15, -0.1) is 0 Å². The monoisotopic (exact) mass is 443 g/mol. The fourth-order valence-corrected chi connectivity index (χ4v) is 2.81. The molecule has 0 saturated carbocycles. The van der Waals surface area contributed by atoms with Crippen LogP contribution < -0.4 is 16.0 Å². The molecule has 8 heteroatoms. The largest absolute Gasteiger partial charge is 0.444 e. The number of halogens is 1. The standard InChI is InChI=1S/C24H30FN3O4/c1-24(2,3)32-23(31)26-14-13-21(29)27-16-17-7-6-9-19(15-17)28-22(30)12-11-18-8-4-5-10-20(18)25/h4-10,15H,11-14,16H2,1-3H3,(H,26,31)(H,27,29)(H,28,30). The predicted molar refractivity (Wildman–Crippen MR) is 120 cm³/mol. The summed E-state index contributed by atoms with van der Waals surface area (Å²) >= 11 is 0. The van der Waals surface area contributed by atoms with Gasteiger partial charge in [-0.1, -0.05) is 30.3 Å². The average molecular weight is 444 g/mol. The number of benzene rings is 2. The zero-order chi connectivity index (χ0) is 23.6. The molecule has 0 saturated heterocycles. The first-order valence-electron chi connectivity index (χ1n) is 10.5. The highest BCUT2D eigenvalue weighted by molar-refractivity contribution is 5.90. The lowest BCUT2D eigenvalue weighted by molar-refractivity contribution is -0.121. The van der Waals surface area contributed by atoms with Crippen LogP contribution in [-0.2, 0) is 27.3 Å². The van der Waals surface area contributed by atoms with Crippen molar-refractivity contribution in [2.45, 2.75) is 52.2 Å². The van der Waals surface area contributed by atoms with Crippen molar-refractivity contribution >= 4 is 23.6 Å². The number of hydrogen-bond acceptors (Lipinski definition) is 4. The van der Waals surface area contributed by atoms with Crippen LogP contribution in [0.3, 0.4) is 0 Å². The maximum absolute atomic E-state index is 13.7. The molecule has 32 heavy (non-hydrogen) atoms. The Morgan fingerprint density at radius 2 is 1.69 bits per heavy atom. The third-order valence-electron chi connectivity index (χ3n) is 4.30. The fourth-order valence-electron chi connectivity index (χ4n) is 2.81. The topological polar surface area (TPSA) is 96.5 Å². The molecule has 2 aromatic rings. The number of ether oxygens (including phenoxy) is 1. The molecule has 0 atom stereocenters. The summed E-state index contributed by atoms with van der Waals surface area (Å²) in [6, 6.07) is 13.5. The smallest absolute Gasteiger partial charge is 0.407 e. The van der Waals surface area contributed by atoms with E-state index >= 15 is 0 Å². The van der Waals surface area contributed by atoms with Crippen LogP contribution in [0.15, 0.2) is 48.5 Å². The maximum Gasteiger partial charge on any atom is 0.407 e. The summed E-state index contributed by atoms with van der Waals surface area (Å²) in [5.74, 6) is -0.762. The third kappa shape index (κ3) is 9.59. The number of rotatable bonds is 9. The summed E-state index contributed by atoms with van der Waals surface area (Å²) in [6.45, 7) is 5.74. The predicted octanol–water partition coefficient (Wildman–Crippen LogP) is 3.93. The van der Waals surface area contributed by atoms with E-state index < -0.39 is 11.7 Å². The molecule has 0 aliphatic heterocycles. The Bertz CT molecular complexity index is 941. The lowest BCUT2D eigenvalue weighted by Gasteiger charge is -2.19. The number of hydrogen-bond donors (Lipinski definition) is 3. The van der Waals surface area contributed by atoms with Crippen molar-refractivity contribution in [1.82, 2.24) is 10.6 Å². The lowest BCUT2D eigenvalue weighted by atomic mass is 10.1. The number of carbonyl (C=O) groups is 3. The highest BCUT2D eigenvalue weighted by atomic mass is 19.1. The first kappa shape index (κ1) is 24.8. The minimum absolute atomic E-state index is 0.117. The van der Waals surface area contributed by atoms with E-state index in [1.807, 2.05) is 6.07 Å². The van der Waals surface area contributed by atoms with Gasteiger partial charge in [-0.25, -0.2) is 9.18 Å². The minimum Gasteiger partial charge on any atom is -0.444 e. The zero-order valence-electron chi connectivity index (χ0n) is 18.7. The molecule has 0 bridgehead atoms. The van der Waals surface area contributed by atoms with Crippen LogP contribution in [0.1, 0.15) is 44.7 Å². The van der Waals surface area contributed by atoms with Crippen molar-refractivity contribution in [2.24, 2.45) is 0 Å². The number of alkyl carbamates (subject to hydrolysis) is 1. The van der Waals surface area contributed by atoms with E-state index in [1.165, 1.54) is 6.07 Å². The van der Waals surface area contributed by atoms with Gasteiger partial charge >= 0.3 is 6.09 Å². The molecular weight excluding hydrogens is 413 g/mol. The average Bonchev–Trinajstić information content (AvgIpc) is 2.70. The Kier molecular flexibility index (Phi) is 9.19. The van der Waals surface area contributed by atoms with Gasteiger partial charge in [-0.05, 0) is 56.5 Å². The second-order valence-corrected chi connectivity index (χ2v) is 8.30. The molecule has 7 nitrogen and oxygen atoms in total. The van der Waals surface area contributed by atoms with Crippen molar-refractivity contribution in [3.63, 3.8) is 0 Å². The van der Waals surface area contributed by atoms with E-state index in [1.54, 1.807) is 57.2 Å². The lowest BCUT2D eigenvalue weighted by Crippen LogP contribution is -2.35. The molecule has 0 aromatic heterocycles. The van der Waals surface area contributed by atoms with Crippen molar-refractivity contribution in [1.29, 1.82) is 0 Å². The second-order valence-electron chi connectivity index (χ2n) is 8.30. The molecule has 2 rings (SSSR count). The van der Waals surface area contributed by atoms with E-state index in [-0.39, 0.29) is 43.6 Å². The number of carbonyl (C=O) groups excluding carboxylic acids is 3. The van der Waals surface area contributed by atoms with Crippen LogP contribution in [-0.4, -0.2) is 30.1 Å². The van der Waals surface area contributed by atoms with Crippen molar-refractivity contribution in [3.05, 3.63) is 65.5 Å². The highest BCUT2D eigenvalue weighted by Gasteiger charge is 2.15. The molecule has 3 amide bonds. The summed E-state index contributed by atoms with van der Waals surface area (Å²) in [5.41, 5.74) is 1.32. The van der Waals surface area contributed by atoms with Crippen LogP contribution in [0.2, 0.25) is 0 Å². The van der Waals surface area contributed by atoms with Crippen LogP contribution >= 0.6 is 0 Å². The summed E-state index contributed by atoms with van der Waals surface area (Å²) in [7, 11) is 0. The van der Waals surface area contributed by atoms with Gasteiger partial charge < -0.3 is 20.7 Å². The molecule has 2 aromatic carbocycles. The number of anilines is 1. The van der Waals surface area contributed by atoms with Gasteiger partial charge in [0.25, 0.3) is 0 Å². The maximum atomic E-state index is 13.7. The van der Waals surface area contributed by atoms with Crippen LogP contribution in [0, 0.1) is 5.82 Å². The van der Waals surface area contributed by atoms with Gasteiger partial charge in [0.05, 0.1) is 0 Å². The molecule has 3 N–H and O–H groups in total. The Balaban J connectivity index is 1.73. The Hall–Kier alpha value is -3.42. The van der Waals surface area contributed by atoms with Crippen LogP contribution in [0.5, 0.6) is 0 Å². The van der Waals surface area contributed by atoms with Gasteiger partial charge in [-0.2, -0.15) is 0 Å². The summed E-state index contributed by atoms with van der Waals surface area (Å²) in [6.07, 6.45) is 0.0212. The molecule has 0 aliphatic carbocycles. The SMILES string of the molecule is CC(C)(C)OC(=O)NCCC(=O)NCc1cccc(NC(=O)CCc2ccccc2F)c1. The number of aryl methyl sites for hydroxylation is 1. The zero-order valence-corrected chi connectivity index (χ0v) is 18.7. The molecule has 172 valence electrons. The second kappa shape index (κ2) is 11.8. The summed E-state index contributed by atoms with van der Waals surface area (Å²) in [4.78, 5) is 35.7.